The van der Waals surface area contributed by atoms with Crippen molar-refractivity contribution in [2.24, 2.45) is 36.1 Å². The van der Waals surface area contributed by atoms with Crippen LogP contribution in [0.5, 0.6) is 0 Å². The third kappa shape index (κ3) is 1.71. The molecule has 1 saturated heterocycles. The molecule has 0 aromatic carbocycles. The summed E-state index contributed by atoms with van der Waals surface area (Å²) >= 11 is 3.34. The Bertz CT molecular complexity index is 851. The number of imide groups is 1. The van der Waals surface area contributed by atoms with Gasteiger partial charge in [0.05, 0.1) is 22.0 Å². The van der Waals surface area contributed by atoms with Crippen molar-refractivity contribution in [1.29, 1.82) is 0 Å². The molecule has 0 radical (unpaired) electrons. The predicted octanol–water partition coefficient (Wildman–Crippen LogP) is 1.33. The van der Waals surface area contributed by atoms with Crippen LogP contribution >= 0.6 is 15.9 Å². The number of nitrogens with zero attached hydrogens (tertiary/aromatic N) is 3. The highest BCUT2D eigenvalue weighted by molar-refractivity contribution is 9.10. The average molecular weight is 405 g/mol. The Balaban J connectivity index is 1.42. The highest BCUT2D eigenvalue weighted by Crippen LogP contribution is 2.73. The molecule has 4 unspecified atom stereocenters. The monoisotopic (exact) mass is 404 g/mol. The van der Waals surface area contributed by atoms with E-state index >= 15 is 0 Å². The second-order valence-corrected chi connectivity index (χ2v) is 8.34. The molecule has 4 aliphatic rings. The van der Waals surface area contributed by atoms with E-state index in [0.29, 0.717) is 4.47 Å². The summed E-state index contributed by atoms with van der Waals surface area (Å²) < 4.78 is 2.13. The molecular formula is C17H17BrN4O3. The van der Waals surface area contributed by atoms with E-state index in [1.807, 2.05) is 6.92 Å². The van der Waals surface area contributed by atoms with Gasteiger partial charge in [-0.2, -0.15) is 10.1 Å². The lowest BCUT2D eigenvalue weighted by Gasteiger charge is -2.21. The minimum Gasteiger partial charge on any atom is -0.272 e. The average Bonchev–Trinajstić information content (AvgIpc) is 3.11. The van der Waals surface area contributed by atoms with Crippen LogP contribution in [0.2, 0.25) is 0 Å². The van der Waals surface area contributed by atoms with Crippen molar-refractivity contribution in [3.63, 3.8) is 0 Å². The molecule has 3 fully saturated rings. The fourth-order valence-corrected chi connectivity index (χ4v) is 5.59. The first-order valence-corrected chi connectivity index (χ1v) is 9.22. The van der Waals surface area contributed by atoms with E-state index in [2.05, 4.69) is 38.6 Å². The number of fused-ring (bicyclic) bond motifs is 3. The number of rotatable bonds is 2. The van der Waals surface area contributed by atoms with Crippen molar-refractivity contribution in [1.82, 2.24) is 20.2 Å². The van der Waals surface area contributed by atoms with Crippen LogP contribution in [0.4, 0.5) is 0 Å². The maximum Gasteiger partial charge on any atom is 0.291 e. The van der Waals surface area contributed by atoms with E-state index in [0.717, 1.165) is 23.5 Å². The van der Waals surface area contributed by atoms with Crippen LogP contribution in [0, 0.1) is 36.0 Å². The molecule has 25 heavy (non-hydrogen) atoms. The van der Waals surface area contributed by atoms with Crippen LogP contribution in [0.25, 0.3) is 0 Å². The lowest BCUT2D eigenvalue weighted by molar-refractivity contribution is -0.144. The molecule has 7 nitrogen and oxygen atoms in total. The molecule has 3 amide bonds. The Morgan fingerprint density at radius 3 is 2.24 bits per heavy atom. The van der Waals surface area contributed by atoms with E-state index in [1.54, 1.807) is 11.7 Å². The van der Waals surface area contributed by atoms with Gasteiger partial charge in [-0.1, -0.05) is 12.2 Å². The number of nitrogens with one attached hydrogen (secondary N) is 1. The van der Waals surface area contributed by atoms with Crippen molar-refractivity contribution in [2.75, 3.05) is 0 Å². The molecule has 8 heteroatoms. The van der Waals surface area contributed by atoms with Crippen LogP contribution in [0.1, 0.15) is 29.0 Å². The van der Waals surface area contributed by atoms with Gasteiger partial charge in [-0.05, 0) is 52.9 Å². The van der Waals surface area contributed by atoms with Gasteiger partial charge in [0.2, 0.25) is 0 Å². The number of hydrogen-bond donors (Lipinski definition) is 1. The quantitative estimate of drug-likeness (QED) is 0.595. The Labute approximate surface area is 152 Å². The number of halogens is 1. The second-order valence-electron chi connectivity index (χ2n) is 7.55. The largest absolute Gasteiger partial charge is 0.291 e. The Morgan fingerprint density at radius 1 is 1.24 bits per heavy atom. The van der Waals surface area contributed by atoms with Crippen molar-refractivity contribution in [3.8, 4) is 0 Å². The number of aromatic nitrogens is 2. The number of carbonyl (C=O) groups is 3. The van der Waals surface area contributed by atoms with E-state index < -0.39 is 5.91 Å². The summed E-state index contributed by atoms with van der Waals surface area (Å²) in [4.78, 5) is 38.2. The molecule has 1 spiro atoms. The summed E-state index contributed by atoms with van der Waals surface area (Å²) in [5.41, 5.74) is 3.59. The number of carbonyl (C=O) groups excluding carboxylic acids is 3. The molecule has 5 rings (SSSR count). The summed E-state index contributed by atoms with van der Waals surface area (Å²) in [6.07, 6.45) is 6.40. The van der Waals surface area contributed by atoms with E-state index in [9.17, 15) is 14.4 Å². The SMILES string of the molecule is Cc1c(Br)c(C(=O)NN2C(=O)C3C(C2=O)C2C=CC3C23CC3)nn1C. The van der Waals surface area contributed by atoms with Crippen LogP contribution in [0.15, 0.2) is 16.6 Å². The van der Waals surface area contributed by atoms with Crippen LogP contribution in [-0.2, 0) is 16.6 Å². The van der Waals surface area contributed by atoms with Gasteiger partial charge in [-0.25, -0.2) is 0 Å². The van der Waals surface area contributed by atoms with Crippen molar-refractivity contribution in [2.45, 2.75) is 19.8 Å². The zero-order chi connectivity index (χ0) is 17.7. The fourth-order valence-electron chi connectivity index (χ4n) is 5.07. The normalized spacial score (nSPS) is 33.5. The number of amides is 3. The van der Waals surface area contributed by atoms with Gasteiger partial charge in [0, 0.05) is 7.05 Å². The first-order valence-electron chi connectivity index (χ1n) is 8.43. The zero-order valence-corrected chi connectivity index (χ0v) is 15.4. The Kier molecular flexibility index (Phi) is 2.82. The smallest absolute Gasteiger partial charge is 0.272 e. The number of aryl methyl sites for hydroxylation is 1. The summed E-state index contributed by atoms with van der Waals surface area (Å²) in [6, 6.07) is 0. The van der Waals surface area contributed by atoms with E-state index in [1.165, 1.54) is 0 Å². The molecular weight excluding hydrogens is 388 g/mol. The summed E-state index contributed by atoms with van der Waals surface area (Å²) in [5, 5.41) is 5.07. The maximum absolute atomic E-state index is 12.8. The lowest BCUT2D eigenvalue weighted by atomic mass is 9.85. The third-order valence-corrected chi connectivity index (χ3v) is 7.49. The molecule has 2 saturated carbocycles. The predicted molar refractivity (Wildman–Crippen MR) is 89.7 cm³/mol. The van der Waals surface area contributed by atoms with Crippen LogP contribution < -0.4 is 5.43 Å². The van der Waals surface area contributed by atoms with Crippen molar-refractivity contribution >= 4 is 33.7 Å². The number of allylic oxidation sites excluding steroid dienone is 2. The molecule has 2 heterocycles. The van der Waals surface area contributed by atoms with Gasteiger partial charge in [-0.15, -0.1) is 0 Å². The number of hydrazine groups is 1. The van der Waals surface area contributed by atoms with Crippen molar-refractivity contribution in [3.05, 3.63) is 28.0 Å². The first-order chi connectivity index (χ1) is 11.9. The van der Waals surface area contributed by atoms with Crippen LogP contribution in [-0.4, -0.2) is 32.5 Å². The zero-order valence-electron chi connectivity index (χ0n) is 13.8. The van der Waals surface area contributed by atoms with Gasteiger partial charge < -0.3 is 0 Å². The molecule has 1 aliphatic heterocycles. The number of hydrogen-bond acceptors (Lipinski definition) is 4. The van der Waals surface area contributed by atoms with Gasteiger partial charge in [0.25, 0.3) is 17.7 Å². The Morgan fingerprint density at radius 2 is 1.80 bits per heavy atom. The topological polar surface area (TPSA) is 84.3 Å². The molecule has 1 aromatic heterocycles. The van der Waals surface area contributed by atoms with E-state index in [4.69, 9.17) is 0 Å². The fraction of sp³-hybridized carbons (Fsp3) is 0.529. The highest BCUT2D eigenvalue weighted by Gasteiger charge is 2.73. The van der Waals surface area contributed by atoms with Gasteiger partial charge in [0.15, 0.2) is 5.69 Å². The third-order valence-electron chi connectivity index (χ3n) is 6.54. The summed E-state index contributed by atoms with van der Waals surface area (Å²) in [7, 11) is 1.73. The van der Waals surface area contributed by atoms with Gasteiger partial charge in [-0.3, -0.25) is 24.5 Å². The molecule has 2 bridgehead atoms. The standard InChI is InChI=1S/C17H17BrN4O3/c1-7-12(18)13(19-21(7)2)14(23)20-22-15(24)10-8-3-4-9(11(10)16(22)25)17(8)5-6-17/h3-4,8-11H,5-6H2,1-2H3,(H,20,23). The first kappa shape index (κ1) is 15.3. The lowest BCUT2D eigenvalue weighted by Crippen LogP contribution is -2.48. The van der Waals surface area contributed by atoms with Crippen LogP contribution in [0.3, 0.4) is 0 Å². The molecule has 4 atom stereocenters. The van der Waals surface area contributed by atoms with E-state index in [-0.39, 0.29) is 46.6 Å². The van der Waals surface area contributed by atoms with Gasteiger partial charge in [0.1, 0.15) is 0 Å². The minimum atomic E-state index is -0.557. The minimum absolute atomic E-state index is 0.143. The highest BCUT2D eigenvalue weighted by atomic mass is 79.9. The molecule has 3 aliphatic carbocycles. The molecule has 130 valence electrons. The molecule has 1 N–H and O–H groups in total. The van der Waals surface area contributed by atoms with Gasteiger partial charge >= 0.3 is 0 Å². The summed E-state index contributed by atoms with van der Waals surface area (Å²) in [5.74, 6) is -1.48. The van der Waals surface area contributed by atoms with Crippen molar-refractivity contribution < 1.29 is 14.4 Å². The second kappa shape index (κ2) is 4.60. The maximum atomic E-state index is 12.8. The Hall–Kier alpha value is -1.96. The summed E-state index contributed by atoms with van der Waals surface area (Å²) in [6.45, 7) is 1.82. The molecule has 1 aromatic rings.